The maximum atomic E-state index is 12.6. The molecule has 4 atom stereocenters. The number of rotatable bonds is 2. The van der Waals surface area contributed by atoms with Crippen molar-refractivity contribution in [2.24, 2.45) is 29.6 Å². The minimum atomic E-state index is -0.805. The zero-order chi connectivity index (χ0) is 13.6. The van der Waals surface area contributed by atoms with Gasteiger partial charge in [0.2, 0.25) is 5.91 Å². The van der Waals surface area contributed by atoms with Crippen LogP contribution in [0.1, 0.15) is 26.2 Å². The van der Waals surface area contributed by atoms with Crippen LogP contribution in [0.25, 0.3) is 0 Å². The molecule has 0 radical (unpaired) electrons. The maximum absolute atomic E-state index is 12.6. The van der Waals surface area contributed by atoms with Gasteiger partial charge in [0.05, 0.1) is 11.8 Å². The van der Waals surface area contributed by atoms with E-state index in [4.69, 9.17) is 0 Å². The monoisotopic (exact) mass is 263 g/mol. The molecule has 1 aliphatic heterocycles. The molecule has 2 aliphatic carbocycles. The molecule has 104 valence electrons. The molecule has 4 nitrogen and oxygen atoms in total. The maximum Gasteiger partial charge on any atom is 0.307 e. The number of nitrogens with zero attached hydrogens (tertiary/aromatic N) is 1. The summed E-state index contributed by atoms with van der Waals surface area (Å²) in [7, 11) is 0. The Morgan fingerprint density at radius 1 is 1.11 bits per heavy atom. The number of hydrogen-bond acceptors (Lipinski definition) is 2. The molecule has 1 amide bonds. The van der Waals surface area contributed by atoms with E-state index in [-0.39, 0.29) is 23.7 Å². The number of hydrogen-bond donors (Lipinski definition) is 1. The molecule has 4 heteroatoms. The van der Waals surface area contributed by atoms with E-state index in [1.54, 1.807) is 0 Å². The minimum Gasteiger partial charge on any atom is -0.481 e. The molecule has 1 N–H and O–H groups in total. The fourth-order valence-corrected chi connectivity index (χ4v) is 3.94. The number of aliphatic carboxylic acids is 1. The first-order valence-corrected chi connectivity index (χ1v) is 7.28. The number of piperidine rings is 1. The predicted molar refractivity (Wildman–Crippen MR) is 70.3 cm³/mol. The molecule has 1 saturated carbocycles. The van der Waals surface area contributed by atoms with E-state index in [1.807, 2.05) is 11.0 Å². The van der Waals surface area contributed by atoms with Crippen LogP contribution in [-0.4, -0.2) is 35.0 Å². The summed E-state index contributed by atoms with van der Waals surface area (Å²) in [4.78, 5) is 26.0. The first-order valence-electron chi connectivity index (χ1n) is 7.28. The van der Waals surface area contributed by atoms with Gasteiger partial charge < -0.3 is 10.0 Å². The van der Waals surface area contributed by atoms with E-state index < -0.39 is 11.9 Å². The molecule has 3 rings (SSSR count). The van der Waals surface area contributed by atoms with Crippen LogP contribution in [0.4, 0.5) is 0 Å². The number of carboxylic acids is 1. The molecule has 1 heterocycles. The zero-order valence-electron chi connectivity index (χ0n) is 11.3. The van der Waals surface area contributed by atoms with Crippen LogP contribution in [0.5, 0.6) is 0 Å². The van der Waals surface area contributed by atoms with E-state index in [2.05, 4.69) is 13.0 Å². The Labute approximate surface area is 113 Å². The molecular weight excluding hydrogens is 242 g/mol. The van der Waals surface area contributed by atoms with Gasteiger partial charge in [-0.05, 0) is 37.0 Å². The van der Waals surface area contributed by atoms with Crippen molar-refractivity contribution in [2.45, 2.75) is 26.2 Å². The molecule has 0 aromatic heterocycles. The topological polar surface area (TPSA) is 57.6 Å². The van der Waals surface area contributed by atoms with Gasteiger partial charge in [-0.1, -0.05) is 19.1 Å². The van der Waals surface area contributed by atoms with Crippen LogP contribution in [0, 0.1) is 29.6 Å². The number of carbonyl (C=O) groups is 2. The van der Waals surface area contributed by atoms with Crippen molar-refractivity contribution < 1.29 is 14.7 Å². The van der Waals surface area contributed by atoms with Gasteiger partial charge in [0.15, 0.2) is 0 Å². The molecule has 2 bridgehead atoms. The number of carboxylic acid groups (broad SMARTS) is 1. The number of fused-ring (bicyclic) bond motifs is 2. The van der Waals surface area contributed by atoms with Gasteiger partial charge in [-0.3, -0.25) is 9.59 Å². The lowest BCUT2D eigenvalue weighted by atomic mass is 9.81. The zero-order valence-corrected chi connectivity index (χ0v) is 11.3. The van der Waals surface area contributed by atoms with Gasteiger partial charge in [-0.2, -0.15) is 0 Å². The summed E-state index contributed by atoms with van der Waals surface area (Å²) in [5.74, 6) is -0.642. The highest BCUT2D eigenvalue weighted by atomic mass is 16.4. The predicted octanol–water partition coefficient (Wildman–Crippen LogP) is 1.77. The summed E-state index contributed by atoms with van der Waals surface area (Å²) >= 11 is 0. The highest BCUT2D eigenvalue weighted by Gasteiger charge is 2.52. The molecule has 0 spiro atoms. The quantitative estimate of drug-likeness (QED) is 0.772. The highest BCUT2D eigenvalue weighted by molar-refractivity contribution is 5.87. The first-order chi connectivity index (χ1) is 9.08. The third-order valence-electron chi connectivity index (χ3n) is 5.12. The Hall–Kier alpha value is -1.32. The largest absolute Gasteiger partial charge is 0.481 e. The lowest BCUT2D eigenvalue weighted by molar-refractivity contribution is -0.151. The summed E-state index contributed by atoms with van der Waals surface area (Å²) in [5.41, 5.74) is 0. The fourth-order valence-electron chi connectivity index (χ4n) is 3.94. The van der Waals surface area contributed by atoms with Gasteiger partial charge in [0.1, 0.15) is 0 Å². The molecule has 1 saturated heterocycles. The fraction of sp³-hybridized carbons (Fsp3) is 0.733. The minimum absolute atomic E-state index is 0.0696. The van der Waals surface area contributed by atoms with E-state index in [1.165, 1.54) is 0 Å². The van der Waals surface area contributed by atoms with E-state index in [9.17, 15) is 14.7 Å². The van der Waals surface area contributed by atoms with Gasteiger partial charge in [-0.25, -0.2) is 0 Å². The highest BCUT2D eigenvalue weighted by Crippen LogP contribution is 2.49. The van der Waals surface area contributed by atoms with Crippen molar-refractivity contribution in [1.82, 2.24) is 4.90 Å². The van der Waals surface area contributed by atoms with Crippen molar-refractivity contribution in [3.63, 3.8) is 0 Å². The second kappa shape index (κ2) is 4.66. The average Bonchev–Trinajstić information content (AvgIpc) is 2.98. The molecule has 0 aromatic rings. The molecule has 0 aromatic carbocycles. The van der Waals surface area contributed by atoms with Crippen LogP contribution in [0.2, 0.25) is 0 Å². The third-order valence-corrected chi connectivity index (χ3v) is 5.12. The van der Waals surface area contributed by atoms with E-state index in [0.29, 0.717) is 5.92 Å². The van der Waals surface area contributed by atoms with Gasteiger partial charge >= 0.3 is 5.97 Å². The Balaban J connectivity index is 1.75. The van der Waals surface area contributed by atoms with Gasteiger partial charge in [0, 0.05) is 13.1 Å². The van der Waals surface area contributed by atoms with E-state index >= 15 is 0 Å². The van der Waals surface area contributed by atoms with Crippen LogP contribution in [-0.2, 0) is 9.59 Å². The summed E-state index contributed by atoms with van der Waals surface area (Å²) in [5, 5.41) is 9.39. The smallest absolute Gasteiger partial charge is 0.307 e. The van der Waals surface area contributed by atoms with Crippen molar-refractivity contribution in [3.05, 3.63) is 12.2 Å². The van der Waals surface area contributed by atoms with E-state index in [0.717, 1.165) is 32.4 Å². The van der Waals surface area contributed by atoms with Crippen LogP contribution < -0.4 is 0 Å². The Morgan fingerprint density at radius 2 is 1.68 bits per heavy atom. The second-order valence-corrected chi connectivity index (χ2v) is 6.35. The lowest BCUT2D eigenvalue weighted by Gasteiger charge is -2.35. The third kappa shape index (κ3) is 2.07. The molecular formula is C15H21NO3. The van der Waals surface area contributed by atoms with Crippen molar-refractivity contribution in [1.29, 1.82) is 0 Å². The summed E-state index contributed by atoms with van der Waals surface area (Å²) in [6, 6.07) is 0. The number of allylic oxidation sites excluding steroid dienone is 2. The number of likely N-dealkylation sites (tertiary alicyclic amines) is 1. The lowest BCUT2D eigenvalue weighted by Crippen LogP contribution is -2.45. The van der Waals surface area contributed by atoms with Gasteiger partial charge in [0.25, 0.3) is 0 Å². The van der Waals surface area contributed by atoms with Crippen molar-refractivity contribution in [3.8, 4) is 0 Å². The Kier molecular flexibility index (Phi) is 3.11. The number of carbonyl (C=O) groups excluding carboxylic acids is 1. The Morgan fingerprint density at radius 3 is 2.26 bits per heavy atom. The van der Waals surface area contributed by atoms with Crippen LogP contribution in [0.15, 0.2) is 12.2 Å². The molecule has 3 aliphatic rings. The van der Waals surface area contributed by atoms with Crippen molar-refractivity contribution >= 4 is 11.9 Å². The summed E-state index contributed by atoms with van der Waals surface area (Å²) in [6.07, 6.45) is 6.97. The normalized spacial score (nSPS) is 37.8. The standard InChI is InChI=1S/C15H21NO3/c1-9-4-6-16(7-5-9)14(17)12-10-2-3-11(8-10)13(12)15(18)19/h2-3,9-13H,4-8H2,1H3,(H,18,19)/t10-,11+,12+,13-/m0/s1. The molecule has 2 fully saturated rings. The second-order valence-electron chi connectivity index (χ2n) is 6.35. The average molecular weight is 263 g/mol. The summed E-state index contributed by atoms with van der Waals surface area (Å²) in [6.45, 7) is 3.80. The van der Waals surface area contributed by atoms with Crippen LogP contribution >= 0.6 is 0 Å². The molecule has 19 heavy (non-hydrogen) atoms. The molecule has 0 unspecified atom stereocenters. The number of amides is 1. The Bertz CT molecular complexity index is 423. The first kappa shape index (κ1) is 12.7. The van der Waals surface area contributed by atoms with Crippen LogP contribution in [0.3, 0.4) is 0 Å². The SMILES string of the molecule is CC1CCN(C(=O)[C@H]2[C@@H](C(=O)O)[C@@H]3C=C[C@H]2C3)CC1. The summed E-state index contributed by atoms with van der Waals surface area (Å²) < 4.78 is 0. The van der Waals surface area contributed by atoms with Crippen molar-refractivity contribution in [2.75, 3.05) is 13.1 Å². The van der Waals surface area contributed by atoms with Gasteiger partial charge in [-0.15, -0.1) is 0 Å².